The summed E-state index contributed by atoms with van der Waals surface area (Å²) in [4.78, 5) is 21.1. The number of nitrogens with zero attached hydrogens (tertiary/aromatic N) is 1. The van der Waals surface area contributed by atoms with Crippen molar-refractivity contribution in [3.05, 3.63) is 32.3 Å². The van der Waals surface area contributed by atoms with Crippen LogP contribution >= 0.6 is 15.9 Å². The number of carboxylic acids is 1. The third-order valence-electron chi connectivity index (χ3n) is 2.52. The molecule has 19 heavy (non-hydrogen) atoms. The lowest BCUT2D eigenvalue weighted by Crippen LogP contribution is -2.30. The second-order valence-corrected chi connectivity index (χ2v) is 4.67. The van der Waals surface area contributed by atoms with E-state index in [1.165, 1.54) is 13.2 Å². The van der Waals surface area contributed by atoms with Crippen LogP contribution in [0, 0.1) is 17.0 Å². The third-order valence-corrected chi connectivity index (χ3v) is 3.18. The summed E-state index contributed by atoms with van der Waals surface area (Å²) >= 11 is 3.20. The van der Waals surface area contributed by atoms with Crippen molar-refractivity contribution in [1.82, 2.24) is 0 Å². The molecule has 104 valence electrons. The molecule has 2 N–H and O–H groups in total. The molecule has 0 radical (unpaired) electrons. The Labute approximate surface area is 117 Å². The highest BCUT2D eigenvalue weighted by atomic mass is 79.9. The first kappa shape index (κ1) is 15.4. The average molecular weight is 333 g/mol. The molecule has 1 aromatic rings. The zero-order valence-corrected chi connectivity index (χ0v) is 11.9. The molecule has 0 aliphatic carbocycles. The maximum atomic E-state index is 10.8. The molecule has 0 bridgehead atoms. The minimum absolute atomic E-state index is 0.000971. The molecule has 0 aromatic heterocycles. The smallest absolute Gasteiger partial charge is 0.334 e. The number of benzene rings is 1. The van der Waals surface area contributed by atoms with Crippen molar-refractivity contribution in [3.8, 4) is 0 Å². The molecule has 1 atom stereocenters. The molecule has 1 aromatic carbocycles. The van der Waals surface area contributed by atoms with E-state index in [1.807, 2.05) is 0 Å². The minimum Gasteiger partial charge on any atom is -0.479 e. The molecule has 0 saturated carbocycles. The van der Waals surface area contributed by atoms with Crippen molar-refractivity contribution in [2.75, 3.05) is 19.0 Å². The highest BCUT2D eigenvalue weighted by molar-refractivity contribution is 9.10. The van der Waals surface area contributed by atoms with Crippen LogP contribution in [-0.4, -0.2) is 35.8 Å². The van der Waals surface area contributed by atoms with Crippen LogP contribution in [0.5, 0.6) is 0 Å². The lowest BCUT2D eigenvalue weighted by atomic mass is 10.2. The summed E-state index contributed by atoms with van der Waals surface area (Å²) in [5, 5.41) is 22.5. The van der Waals surface area contributed by atoms with E-state index >= 15 is 0 Å². The van der Waals surface area contributed by atoms with Gasteiger partial charge in [-0.3, -0.25) is 10.1 Å². The molecule has 0 amide bonds. The number of carboxylic acid groups (broad SMARTS) is 1. The molecule has 7 nitrogen and oxygen atoms in total. The summed E-state index contributed by atoms with van der Waals surface area (Å²) in [6, 6.07) is 2.96. The molecular weight excluding hydrogens is 320 g/mol. The maximum absolute atomic E-state index is 10.8. The number of nitro groups is 1. The topological polar surface area (TPSA) is 102 Å². The van der Waals surface area contributed by atoms with Crippen LogP contribution < -0.4 is 5.32 Å². The Bertz CT molecular complexity index is 506. The number of ether oxygens (including phenoxy) is 1. The number of nitrogens with one attached hydrogen (secondary N) is 1. The van der Waals surface area contributed by atoms with Gasteiger partial charge < -0.3 is 15.2 Å². The number of halogens is 1. The van der Waals surface area contributed by atoms with Gasteiger partial charge in [-0.2, -0.15) is 0 Å². The molecule has 8 heteroatoms. The van der Waals surface area contributed by atoms with Crippen LogP contribution in [-0.2, 0) is 9.53 Å². The van der Waals surface area contributed by atoms with E-state index in [-0.39, 0.29) is 12.2 Å². The molecule has 0 heterocycles. The molecule has 0 fully saturated rings. The lowest BCUT2D eigenvalue weighted by Gasteiger charge is -2.14. The summed E-state index contributed by atoms with van der Waals surface area (Å²) < 4.78 is 5.27. The number of hydrogen-bond acceptors (Lipinski definition) is 5. The van der Waals surface area contributed by atoms with Gasteiger partial charge in [-0.15, -0.1) is 0 Å². The van der Waals surface area contributed by atoms with Crippen molar-refractivity contribution >= 4 is 33.3 Å². The number of aliphatic carboxylic acids is 1. The Morgan fingerprint density at radius 1 is 1.63 bits per heavy atom. The number of carbonyl (C=O) groups is 1. The number of rotatable bonds is 6. The molecule has 0 aliphatic rings. The number of hydrogen-bond donors (Lipinski definition) is 2. The van der Waals surface area contributed by atoms with Crippen molar-refractivity contribution < 1.29 is 19.6 Å². The fourth-order valence-electron chi connectivity index (χ4n) is 1.48. The molecule has 0 saturated heterocycles. The monoisotopic (exact) mass is 332 g/mol. The van der Waals surface area contributed by atoms with Gasteiger partial charge in [0.2, 0.25) is 0 Å². The van der Waals surface area contributed by atoms with Crippen LogP contribution in [0.25, 0.3) is 0 Å². The van der Waals surface area contributed by atoms with Gasteiger partial charge in [-0.25, -0.2) is 4.79 Å². The van der Waals surface area contributed by atoms with E-state index < -0.39 is 17.0 Å². The predicted octanol–water partition coefficient (Wildman–Crippen LogP) is 2.18. The number of nitro benzene ring substituents is 1. The molecular formula is C11H13BrN2O5. The Morgan fingerprint density at radius 2 is 2.26 bits per heavy atom. The quantitative estimate of drug-likeness (QED) is 0.611. The fourth-order valence-corrected chi connectivity index (χ4v) is 1.95. The van der Waals surface area contributed by atoms with Crippen LogP contribution in [0.4, 0.5) is 11.4 Å². The van der Waals surface area contributed by atoms with Crippen LogP contribution in [0.2, 0.25) is 0 Å². The van der Waals surface area contributed by atoms with Gasteiger partial charge in [-0.05, 0) is 28.9 Å². The van der Waals surface area contributed by atoms with Crippen LogP contribution in [0.1, 0.15) is 5.56 Å². The summed E-state index contributed by atoms with van der Waals surface area (Å²) in [5.41, 5.74) is 1.06. The summed E-state index contributed by atoms with van der Waals surface area (Å²) in [6.45, 7) is 1.67. The van der Waals surface area contributed by atoms with Gasteiger partial charge in [-0.1, -0.05) is 0 Å². The SMILES string of the molecule is COC(CNc1cc(C)c([N+](=O)[O-])cc1Br)C(=O)O. The first-order valence-corrected chi connectivity index (χ1v) is 6.10. The Balaban J connectivity index is 2.88. The van der Waals surface area contributed by atoms with Crippen molar-refractivity contribution in [2.45, 2.75) is 13.0 Å². The highest BCUT2D eigenvalue weighted by Gasteiger charge is 2.18. The zero-order chi connectivity index (χ0) is 14.6. The minimum atomic E-state index is -1.08. The predicted molar refractivity (Wildman–Crippen MR) is 72.5 cm³/mol. The summed E-state index contributed by atoms with van der Waals surface area (Å²) in [5.74, 6) is -1.08. The molecule has 1 unspecified atom stereocenters. The van der Waals surface area contributed by atoms with Gasteiger partial charge in [0.25, 0.3) is 5.69 Å². The summed E-state index contributed by atoms with van der Waals surface area (Å²) in [7, 11) is 1.30. The van der Waals surface area contributed by atoms with Gasteiger partial charge >= 0.3 is 5.97 Å². The van der Waals surface area contributed by atoms with E-state index in [1.54, 1.807) is 13.0 Å². The van der Waals surface area contributed by atoms with Crippen molar-refractivity contribution in [2.24, 2.45) is 0 Å². The highest BCUT2D eigenvalue weighted by Crippen LogP contribution is 2.30. The molecule has 1 rings (SSSR count). The Morgan fingerprint density at radius 3 is 2.74 bits per heavy atom. The fraction of sp³-hybridized carbons (Fsp3) is 0.364. The molecule has 0 spiro atoms. The maximum Gasteiger partial charge on any atom is 0.334 e. The summed E-state index contributed by atoms with van der Waals surface area (Å²) in [6.07, 6.45) is -0.984. The van der Waals surface area contributed by atoms with Crippen LogP contribution in [0.15, 0.2) is 16.6 Å². The van der Waals surface area contributed by atoms with Gasteiger partial charge in [0.1, 0.15) is 0 Å². The third kappa shape index (κ3) is 3.90. The first-order valence-electron chi connectivity index (χ1n) is 5.30. The Hall–Kier alpha value is -1.67. The average Bonchev–Trinajstić information content (AvgIpc) is 2.32. The Kier molecular flexibility index (Phi) is 5.25. The van der Waals surface area contributed by atoms with Crippen molar-refractivity contribution in [1.29, 1.82) is 0 Å². The van der Waals surface area contributed by atoms with Crippen molar-refractivity contribution in [3.63, 3.8) is 0 Å². The zero-order valence-electron chi connectivity index (χ0n) is 10.3. The number of anilines is 1. The van der Waals surface area contributed by atoms with E-state index in [9.17, 15) is 14.9 Å². The number of methoxy groups -OCH3 is 1. The van der Waals surface area contributed by atoms with Gasteiger partial charge in [0, 0.05) is 28.9 Å². The van der Waals surface area contributed by atoms with Gasteiger partial charge in [0.05, 0.1) is 11.5 Å². The van der Waals surface area contributed by atoms with E-state index in [4.69, 9.17) is 9.84 Å². The number of aryl methyl sites for hydroxylation is 1. The second kappa shape index (κ2) is 6.48. The van der Waals surface area contributed by atoms with E-state index in [2.05, 4.69) is 21.2 Å². The normalized spacial score (nSPS) is 11.9. The molecule has 0 aliphatic heterocycles. The van der Waals surface area contributed by atoms with E-state index in [0.717, 1.165) is 0 Å². The first-order chi connectivity index (χ1) is 8.86. The second-order valence-electron chi connectivity index (χ2n) is 3.82. The lowest BCUT2D eigenvalue weighted by molar-refractivity contribution is -0.385. The standard InChI is InChI=1S/C11H13BrN2O5/c1-6-3-8(7(12)4-9(6)14(17)18)13-5-10(19-2)11(15)16/h3-4,10,13H,5H2,1-2H3,(H,15,16). The largest absolute Gasteiger partial charge is 0.479 e. The van der Waals surface area contributed by atoms with Crippen LogP contribution in [0.3, 0.4) is 0 Å². The van der Waals surface area contributed by atoms with Gasteiger partial charge in [0.15, 0.2) is 6.10 Å². The van der Waals surface area contributed by atoms with E-state index in [0.29, 0.717) is 15.7 Å².